The van der Waals surface area contributed by atoms with Gasteiger partial charge < -0.3 is 14.7 Å². The van der Waals surface area contributed by atoms with E-state index >= 15 is 0 Å². The van der Waals surface area contributed by atoms with Gasteiger partial charge in [0, 0.05) is 18.0 Å². The van der Waals surface area contributed by atoms with E-state index in [-0.39, 0.29) is 12.0 Å². The van der Waals surface area contributed by atoms with Crippen LogP contribution in [0.15, 0.2) is 18.2 Å². The van der Waals surface area contributed by atoms with Gasteiger partial charge in [0.15, 0.2) is 0 Å². The molecule has 5 heteroatoms. The topological polar surface area (TPSA) is 49.8 Å². The van der Waals surface area contributed by atoms with E-state index in [0.29, 0.717) is 11.4 Å². The van der Waals surface area contributed by atoms with Crippen molar-refractivity contribution < 1.29 is 14.6 Å². The van der Waals surface area contributed by atoms with Crippen molar-refractivity contribution in [2.75, 3.05) is 18.0 Å². The van der Waals surface area contributed by atoms with Crippen LogP contribution in [0.4, 0.5) is 5.69 Å². The fourth-order valence-electron chi connectivity index (χ4n) is 2.92. The van der Waals surface area contributed by atoms with Crippen LogP contribution in [-0.2, 0) is 4.79 Å². The van der Waals surface area contributed by atoms with E-state index < -0.39 is 5.97 Å². The van der Waals surface area contributed by atoms with Gasteiger partial charge in [-0.3, -0.25) is 4.79 Å². The molecule has 0 aromatic heterocycles. The third kappa shape index (κ3) is 3.86. The standard InChI is InChI=1S/C17H24ClNO3/c1-3-17(4-2)12-19(10-6-5-7-16(20)21)14-11-13(18)8-9-15(14)22-17/h8-9,11H,3-7,10,12H2,1-2H3,(H,20,21). The number of fused-ring (bicyclic) bond motifs is 1. The second kappa shape index (κ2) is 7.23. The van der Waals surface area contributed by atoms with Crippen molar-refractivity contribution in [3.8, 4) is 5.75 Å². The number of carbonyl (C=O) groups is 1. The van der Waals surface area contributed by atoms with Crippen LogP contribution in [-0.4, -0.2) is 29.8 Å². The van der Waals surface area contributed by atoms with Gasteiger partial charge in [-0.1, -0.05) is 25.4 Å². The molecule has 1 aromatic rings. The molecule has 4 nitrogen and oxygen atoms in total. The van der Waals surface area contributed by atoms with Crippen LogP contribution in [0, 0.1) is 0 Å². The molecule has 22 heavy (non-hydrogen) atoms. The summed E-state index contributed by atoms with van der Waals surface area (Å²) in [6.07, 6.45) is 3.64. The number of rotatable bonds is 7. The third-order valence-corrected chi connectivity index (χ3v) is 4.66. The van der Waals surface area contributed by atoms with Crippen LogP contribution in [0.5, 0.6) is 5.75 Å². The molecule has 122 valence electrons. The van der Waals surface area contributed by atoms with Gasteiger partial charge in [-0.15, -0.1) is 0 Å². The number of hydrogen-bond donors (Lipinski definition) is 1. The van der Waals surface area contributed by atoms with Crippen molar-refractivity contribution >= 4 is 23.3 Å². The molecule has 0 bridgehead atoms. The molecular formula is C17H24ClNO3. The number of benzene rings is 1. The van der Waals surface area contributed by atoms with Crippen molar-refractivity contribution in [1.29, 1.82) is 0 Å². The quantitative estimate of drug-likeness (QED) is 0.757. The fraction of sp³-hybridized carbons (Fsp3) is 0.588. The summed E-state index contributed by atoms with van der Waals surface area (Å²) in [4.78, 5) is 12.9. The molecule has 0 saturated carbocycles. The van der Waals surface area contributed by atoms with Gasteiger partial charge >= 0.3 is 5.97 Å². The highest BCUT2D eigenvalue weighted by atomic mass is 35.5. The molecule has 1 N–H and O–H groups in total. The molecule has 1 aliphatic rings. The molecule has 1 aliphatic heterocycles. The molecule has 1 aromatic carbocycles. The number of unbranched alkanes of at least 4 members (excludes halogenated alkanes) is 1. The van der Waals surface area contributed by atoms with E-state index in [4.69, 9.17) is 21.4 Å². The average molecular weight is 326 g/mol. The number of anilines is 1. The minimum absolute atomic E-state index is 0.173. The summed E-state index contributed by atoms with van der Waals surface area (Å²) in [7, 11) is 0. The Morgan fingerprint density at radius 1 is 1.36 bits per heavy atom. The summed E-state index contributed by atoms with van der Waals surface area (Å²) >= 11 is 6.12. The Morgan fingerprint density at radius 2 is 2.09 bits per heavy atom. The van der Waals surface area contributed by atoms with Crippen LogP contribution in [0.25, 0.3) is 0 Å². The maximum absolute atomic E-state index is 10.6. The lowest BCUT2D eigenvalue weighted by Crippen LogP contribution is -2.50. The minimum Gasteiger partial charge on any atom is -0.483 e. The molecule has 0 spiro atoms. The molecule has 0 fully saturated rings. The lowest BCUT2D eigenvalue weighted by Gasteiger charge is -2.44. The first-order valence-corrected chi connectivity index (χ1v) is 8.33. The highest BCUT2D eigenvalue weighted by molar-refractivity contribution is 6.30. The van der Waals surface area contributed by atoms with E-state index in [0.717, 1.165) is 43.8 Å². The minimum atomic E-state index is -0.734. The van der Waals surface area contributed by atoms with Gasteiger partial charge in [0.2, 0.25) is 0 Å². The SMILES string of the molecule is CCC1(CC)CN(CCCCC(=O)O)c2cc(Cl)ccc2O1. The van der Waals surface area contributed by atoms with Crippen LogP contribution >= 0.6 is 11.6 Å². The van der Waals surface area contributed by atoms with E-state index in [1.165, 1.54) is 0 Å². The lowest BCUT2D eigenvalue weighted by molar-refractivity contribution is -0.137. The fourth-order valence-corrected chi connectivity index (χ4v) is 3.09. The first-order valence-electron chi connectivity index (χ1n) is 7.95. The predicted molar refractivity (Wildman–Crippen MR) is 89.1 cm³/mol. The van der Waals surface area contributed by atoms with Crippen molar-refractivity contribution in [2.45, 2.75) is 51.6 Å². The highest BCUT2D eigenvalue weighted by Gasteiger charge is 2.36. The maximum Gasteiger partial charge on any atom is 0.303 e. The molecule has 2 rings (SSSR count). The number of aliphatic carboxylic acids is 1. The number of hydrogen-bond acceptors (Lipinski definition) is 3. The predicted octanol–water partition coefficient (Wildman–Crippen LogP) is 4.35. The zero-order valence-corrected chi connectivity index (χ0v) is 14.0. The second-order valence-electron chi connectivity index (χ2n) is 5.88. The second-order valence-corrected chi connectivity index (χ2v) is 6.31. The van der Waals surface area contributed by atoms with Gasteiger partial charge in [-0.05, 0) is 43.9 Å². The van der Waals surface area contributed by atoms with Crippen molar-refractivity contribution in [2.24, 2.45) is 0 Å². The number of carboxylic acids is 1. The number of nitrogens with zero attached hydrogens (tertiary/aromatic N) is 1. The Bertz CT molecular complexity index is 529. The van der Waals surface area contributed by atoms with E-state index in [1.54, 1.807) is 0 Å². The molecule has 0 aliphatic carbocycles. The molecule has 0 amide bonds. The van der Waals surface area contributed by atoms with Crippen LogP contribution < -0.4 is 9.64 Å². The molecule has 0 radical (unpaired) electrons. The van der Waals surface area contributed by atoms with Gasteiger partial charge in [0.25, 0.3) is 0 Å². The average Bonchev–Trinajstić information content (AvgIpc) is 2.51. The number of ether oxygens (including phenoxy) is 1. The Hall–Kier alpha value is -1.42. The Balaban J connectivity index is 2.15. The summed E-state index contributed by atoms with van der Waals surface area (Å²) < 4.78 is 6.25. The van der Waals surface area contributed by atoms with Crippen molar-refractivity contribution in [1.82, 2.24) is 0 Å². The van der Waals surface area contributed by atoms with Gasteiger partial charge in [-0.2, -0.15) is 0 Å². The monoisotopic (exact) mass is 325 g/mol. The Morgan fingerprint density at radius 3 is 2.73 bits per heavy atom. The number of halogens is 1. The zero-order chi connectivity index (χ0) is 16.2. The summed E-state index contributed by atoms with van der Waals surface area (Å²) in [5, 5.41) is 9.45. The molecule has 0 saturated heterocycles. The summed E-state index contributed by atoms with van der Waals surface area (Å²) in [5.41, 5.74) is 0.841. The smallest absolute Gasteiger partial charge is 0.303 e. The Labute approximate surface area is 137 Å². The van der Waals surface area contributed by atoms with Gasteiger partial charge in [-0.25, -0.2) is 0 Å². The van der Waals surface area contributed by atoms with Crippen molar-refractivity contribution in [3.05, 3.63) is 23.2 Å². The van der Waals surface area contributed by atoms with E-state index in [2.05, 4.69) is 18.7 Å². The molecular weight excluding hydrogens is 302 g/mol. The Kier molecular flexibility index (Phi) is 5.57. The number of carboxylic acid groups (broad SMARTS) is 1. The molecule has 0 atom stereocenters. The third-order valence-electron chi connectivity index (χ3n) is 4.42. The first-order chi connectivity index (χ1) is 10.5. The summed E-state index contributed by atoms with van der Waals surface area (Å²) in [6, 6.07) is 5.72. The highest BCUT2D eigenvalue weighted by Crippen LogP contribution is 2.41. The first kappa shape index (κ1) is 16.9. The van der Waals surface area contributed by atoms with Gasteiger partial charge in [0.05, 0.1) is 12.2 Å². The van der Waals surface area contributed by atoms with E-state index in [9.17, 15) is 4.79 Å². The van der Waals surface area contributed by atoms with Crippen LogP contribution in [0.2, 0.25) is 5.02 Å². The normalized spacial score (nSPS) is 16.0. The lowest BCUT2D eigenvalue weighted by atomic mass is 9.93. The van der Waals surface area contributed by atoms with Gasteiger partial charge in [0.1, 0.15) is 11.4 Å². The largest absolute Gasteiger partial charge is 0.483 e. The molecule has 0 unspecified atom stereocenters. The van der Waals surface area contributed by atoms with E-state index in [1.807, 2.05) is 18.2 Å². The maximum atomic E-state index is 10.6. The van der Waals surface area contributed by atoms with Crippen LogP contribution in [0.3, 0.4) is 0 Å². The molecule has 1 heterocycles. The van der Waals surface area contributed by atoms with Crippen molar-refractivity contribution in [3.63, 3.8) is 0 Å². The zero-order valence-electron chi connectivity index (χ0n) is 13.3. The summed E-state index contributed by atoms with van der Waals surface area (Å²) in [5.74, 6) is 0.138. The summed E-state index contributed by atoms with van der Waals surface area (Å²) in [6.45, 7) is 5.94. The van der Waals surface area contributed by atoms with Crippen LogP contribution in [0.1, 0.15) is 46.0 Å².